The van der Waals surface area contributed by atoms with Gasteiger partial charge in [0.25, 0.3) is 0 Å². The predicted octanol–water partition coefficient (Wildman–Crippen LogP) is 2.33. The first-order valence-corrected chi connectivity index (χ1v) is 8.69. The number of methoxy groups -OCH3 is 1. The number of likely N-dealkylation sites (tertiary alicyclic amines) is 1. The van der Waals surface area contributed by atoms with E-state index < -0.39 is 23.9 Å². The maximum atomic E-state index is 12.8. The second kappa shape index (κ2) is 9.07. The van der Waals surface area contributed by atoms with Gasteiger partial charge in [-0.25, -0.2) is 0 Å². The number of piperidine rings is 1. The highest BCUT2D eigenvalue weighted by Crippen LogP contribution is 2.32. The molecule has 1 aromatic rings. The average Bonchev–Trinajstić information content (AvgIpc) is 2.60. The van der Waals surface area contributed by atoms with Crippen LogP contribution in [0.5, 0.6) is 5.75 Å². The largest absolute Gasteiger partial charge is 0.495 e. The number of benzene rings is 1. The lowest BCUT2D eigenvalue weighted by molar-refractivity contribution is -0.187. The molecule has 1 aliphatic heterocycles. The van der Waals surface area contributed by atoms with Crippen molar-refractivity contribution < 1.29 is 27.5 Å². The van der Waals surface area contributed by atoms with E-state index in [9.17, 15) is 22.8 Å². The molecule has 150 valence electrons. The summed E-state index contributed by atoms with van der Waals surface area (Å²) in [4.78, 5) is 25.5. The van der Waals surface area contributed by atoms with E-state index in [-0.39, 0.29) is 26.1 Å². The normalized spacial score (nSPS) is 18.0. The van der Waals surface area contributed by atoms with Gasteiger partial charge in [-0.2, -0.15) is 13.2 Å². The van der Waals surface area contributed by atoms with Gasteiger partial charge >= 0.3 is 6.18 Å². The Morgan fingerprint density at radius 2 is 2.04 bits per heavy atom. The first-order valence-electron chi connectivity index (χ1n) is 8.69. The molecule has 0 bridgehead atoms. The number of anilines is 1. The van der Waals surface area contributed by atoms with Crippen LogP contribution in [-0.4, -0.2) is 56.2 Å². The van der Waals surface area contributed by atoms with Crippen LogP contribution in [0.25, 0.3) is 0 Å². The number of rotatable bonds is 6. The standard InChI is InChI=1S/C18H24F3N3O3/c1-12-5-6-15(27-2)14(8-12)23-16(25)9-22-17(26)11-24-7-3-4-13(10-24)18(19,20)21/h5-6,8,13H,3-4,7,9-11H2,1-2H3,(H,22,26)(H,23,25). The minimum Gasteiger partial charge on any atom is -0.495 e. The lowest BCUT2D eigenvalue weighted by Gasteiger charge is -2.33. The van der Waals surface area contributed by atoms with E-state index >= 15 is 0 Å². The molecule has 1 aromatic carbocycles. The van der Waals surface area contributed by atoms with Gasteiger partial charge in [-0.05, 0) is 44.0 Å². The zero-order chi connectivity index (χ0) is 20.0. The summed E-state index contributed by atoms with van der Waals surface area (Å²) in [5, 5.41) is 5.09. The smallest absolute Gasteiger partial charge is 0.393 e. The summed E-state index contributed by atoms with van der Waals surface area (Å²) < 4.78 is 43.6. The van der Waals surface area contributed by atoms with E-state index in [1.807, 2.05) is 13.0 Å². The Morgan fingerprint density at radius 3 is 2.70 bits per heavy atom. The molecule has 2 N–H and O–H groups in total. The van der Waals surface area contributed by atoms with Crippen LogP contribution in [-0.2, 0) is 9.59 Å². The molecule has 0 saturated carbocycles. The molecular formula is C18H24F3N3O3. The number of nitrogens with zero attached hydrogens (tertiary/aromatic N) is 1. The molecule has 9 heteroatoms. The van der Waals surface area contributed by atoms with E-state index in [4.69, 9.17) is 4.74 Å². The van der Waals surface area contributed by atoms with Crippen molar-refractivity contribution in [2.45, 2.75) is 25.9 Å². The van der Waals surface area contributed by atoms with Gasteiger partial charge in [0.1, 0.15) is 5.75 Å². The number of hydrogen-bond donors (Lipinski definition) is 2. The molecule has 1 atom stereocenters. The van der Waals surface area contributed by atoms with Gasteiger partial charge in [0.15, 0.2) is 0 Å². The number of ether oxygens (including phenoxy) is 1. The summed E-state index contributed by atoms with van der Waals surface area (Å²) >= 11 is 0. The number of amides is 2. The van der Waals surface area contributed by atoms with Gasteiger partial charge in [-0.3, -0.25) is 14.5 Å². The third-order valence-corrected chi connectivity index (χ3v) is 4.41. The lowest BCUT2D eigenvalue weighted by Crippen LogP contribution is -2.46. The minimum absolute atomic E-state index is 0.0857. The van der Waals surface area contributed by atoms with Gasteiger partial charge < -0.3 is 15.4 Å². The molecule has 2 rings (SSSR count). The molecule has 0 aliphatic carbocycles. The highest BCUT2D eigenvalue weighted by molar-refractivity contribution is 5.96. The Hall–Kier alpha value is -2.29. The van der Waals surface area contributed by atoms with Crippen molar-refractivity contribution in [3.05, 3.63) is 23.8 Å². The van der Waals surface area contributed by atoms with Crippen molar-refractivity contribution in [3.63, 3.8) is 0 Å². The fraction of sp³-hybridized carbons (Fsp3) is 0.556. The molecule has 2 amide bonds. The fourth-order valence-corrected chi connectivity index (χ4v) is 3.02. The Balaban J connectivity index is 1.80. The van der Waals surface area contributed by atoms with Crippen LogP contribution >= 0.6 is 0 Å². The zero-order valence-corrected chi connectivity index (χ0v) is 15.4. The Labute approximate surface area is 156 Å². The monoisotopic (exact) mass is 387 g/mol. The van der Waals surface area contributed by atoms with Crippen molar-refractivity contribution in [1.29, 1.82) is 0 Å². The number of nitrogens with one attached hydrogen (secondary N) is 2. The maximum absolute atomic E-state index is 12.8. The SMILES string of the molecule is COc1ccc(C)cc1NC(=O)CNC(=O)CN1CCCC(C(F)(F)F)C1. The van der Waals surface area contributed by atoms with Crippen LogP contribution in [0.4, 0.5) is 18.9 Å². The molecule has 1 aliphatic rings. The predicted molar refractivity (Wildman–Crippen MR) is 94.6 cm³/mol. The van der Waals surface area contributed by atoms with Crippen molar-refractivity contribution in [2.24, 2.45) is 5.92 Å². The number of carbonyl (C=O) groups is 2. The van der Waals surface area contributed by atoms with E-state index in [0.717, 1.165) is 5.56 Å². The highest BCUT2D eigenvalue weighted by atomic mass is 19.4. The van der Waals surface area contributed by atoms with Crippen molar-refractivity contribution >= 4 is 17.5 Å². The van der Waals surface area contributed by atoms with Gasteiger partial charge in [-0.1, -0.05) is 6.07 Å². The molecule has 27 heavy (non-hydrogen) atoms. The average molecular weight is 387 g/mol. The first kappa shape index (κ1) is 21.0. The van der Waals surface area contributed by atoms with E-state index in [2.05, 4.69) is 10.6 Å². The second-order valence-corrected chi connectivity index (χ2v) is 6.64. The number of carbonyl (C=O) groups excluding carboxylic acids is 2. The molecule has 1 saturated heterocycles. The Kier molecular flexibility index (Phi) is 7.06. The quantitative estimate of drug-likeness (QED) is 0.786. The van der Waals surface area contributed by atoms with Gasteiger partial charge in [0.2, 0.25) is 11.8 Å². The molecule has 0 aromatic heterocycles. The van der Waals surface area contributed by atoms with E-state index in [0.29, 0.717) is 24.4 Å². The molecule has 6 nitrogen and oxygen atoms in total. The summed E-state index contributed by atoms with van der Waals surface area (Å²) in [6, 6.07) is 5.30. The summed E-state index contributed by atoms with van der Waals surface area (Å²) in [5.74, 6) is -1.84. The second-order valence-electron chi connectivity index (χ2n) is 6.64. The van der Waals surface area contributed by atoms with Crippen LogP contribution in [0, 0.1) is 12.8 Å². The molecule has 1 unspecified atom stereocenters. The first-order chi connectivity index (χ1) is 12.7. The summed E-state index contributed by atoms with van der Waals surface area (Å²) in [7, 11) is 1.48. The molecule has 0 spiro atoms. The Bertz CT molecular complexity index is 680. The van der Waals surface area contributed by atoms with Gasteiger partial charge in [-0.15, -0.1) is 0 Å². The van der Waals surface area contributed by atoms with Crippen LogP contribution in [0.15, 0.2) is 18.2 Å². The van der Waals surface area contributed by atoms with Gasteiger partial charge in [0, 0.05) is 6.54 Å². The molecular weight excluding hydrogens is 363 g/mol. The molecule has 0 radical (unpaired) electrons. The molecule has 1 fully saturated rings. The van der Waals surface area contributed by atoms with Crippen LogP contribution in [0.3, 0.4) is 0 Å². The number of alkyl halides is 3. The third-order valence-electron chi connectivity index (χ3n) is 4.41. The Morgan fingerprint density at radius 1 is 1.30 bits per heavy atom. The van der Waals surface area contributed by atoms with Gasteiger partial charge in [0.05, 0.1) is 31.8 Å². The zero-order valence-electron chi connectivity index (χ0n) is 15.4. The van der Waals surface area contributed by atoms with E-state index in [1.54, 1.807) is 12.1 Å². The van der Waals surface area contributed by atoms with Crippen molar-refractivity contribution in [2.75, 3.05) is 38.6 Å². The third kappa shape index (κ3) is 6.42. The van der Waals surface area contributed by atoms with Crippen molar-refractivity contribution in [3.8, 4) is 5.75 Å². The van der Waals surface area contributed by atoms with Crippen LogP contribution in [0.1, 0.15) is 18.4 Å². The van der Waals surface area contributed by atoms with Crippen LogP contribution in [0.2, 0.25) is 0 Å². The maximum Gasteiger partial charge on any atom is 0.393 e. The topological polar surface area (TPSA) is 70.7 Å². The summed E-state index contributed by atoms with van der Waals surface area (Å²) in [5.41, 5.74) is 1.42. The highest BCUT2D eigenvalue weighted by Gasteiger charge is 2.41. The number of aryl methyl sites for hydroxylation is 1. The number of hydrogen-bond acceptors (Lipinski definition) is 4. The fourth-order valence-electron chi connectivity index (χ4n) is 3.02. The summed E-state index contributed by atoms with van der Waals surface area (Å²) in [6.07, 6.45) is -3.77. The lowest BCUT2D eigenvalue weighted by atomic mass is 9.97. The van der Waals surface area contributed by atoms with Crippen LogP contribution < -0.4 is 15.4 Å². The number of halogens is 3. The van der Waals surface area contributed by atoms with E-state index in [1.165, 1.54) is 12.0 Å². The molecule has 1 heterocycles. The minimum atomic E-state index is -4.25. The van der Waals surface area contributed by atoms with Crippen molar-refractivity contribution in [1.82, 2.24) is 10.2 Å². The summed E-state index contributed by atoms with van der Waals surface area (Å²) in [6.45, 7) is 1.68.